The molecule has 0 spiro atoms. The Labute approximate surface area is 132 Å². The third-order valence-electron chi connectivity index (χ3n) is 3.87. The molecule has 0 aliphatic carbocycles. The minimum atomic E-state index is 1.11. The Hall–Kier alpha value is -2.12. The number of hydrogen-bond acceptors (Lipinski definition) is 0. The molecule has 21 heavy (non-hydrogen) atoms. The highest BCUT2D eigenvalue weighted by molar-refractivity contribution is 9.10. The molecule has 0 amide bonds. The van der Waals surface area contributed by atoms with Crippen molar-refractivity contribution in [2.45, 2.75) is 0 Å². The molecular weight excluding hydrogens is 320 g/mol. The van der Waals surface area contributed by atoms with Gasteiger partial charge in [-0.15, -0.1) is 0 Å². The van der Waals surface area contributed by atoms with Gasteiger partial charge in [-0.2, -0.15) is 0 Å². The summed E-state index contributed by atoms with van der Waals surface area (Å²) in [5, 5.41) is 5.12. The van der Waals surface area contributed by atoms with Crippen LogP contribution >= 0.6 is 15.9 Å². The molecule has 4 rings (SSSR count). The molecule has 100 valence electrons. The molecule has 0 nitrogen and oxygen atoms in total. The maximum atomic E-state index is 3.64. The van der Waals surface area contributed by atoms with E-state index in [9.17, 15) is 0 Å². The van der Waals surface area contributed by atoms with Gasteiger partial charge >= 0.3 is 0 Å². The van der Waals surface area contributed by atoms with Crippen LogP contribution in [0.4, 0.5) is 0 Å². The number of halogens is 1. The summed E-state index contributed by atoms with van der Waals surface area (Å²) in [7, 11) is 0. The summed E-state index contributed by atoms with van der Waals surface area (Å²) in [5.74, 6) is 0. The van der Waals surface area contributed by atoms with E-state index < -0.39 is 0 Å². The molecule has 0 aliphatic heterocycles. The maximum Gasteiger partial charge on any atom is 0.0187 e. The van der Waals surface area contributed by atoms with Crippen molar-refractivity contribution >= 4 is 37.5 Å². The van der Waals surface area contributed by atoms with E-state index in [-0.39, 0.29) is 0 Å². The van der Waals surface area contributed by atoms with Crippen LogP contribution in [0.1, 0.15) is 0 Å². The number of rotatable bonds is 1. The van der Waals surface area contributed by atoms with Crippen molar-refractivity contribution in [3.05, 3.63) is 83.3 Å². The van der Waals surface area contributed by atoms with Crippen molar-refractivity contribution in [3.8, 4) is 11.1 Å². The summed E-state index contributed by atoms with van der Waals surface area (Å²) < 4.78 is 1.11. The van der Waals surface area contributed by atoms with Gasteiger partial charge in [0.25, 0.3) is 0 Å². The van der Waals surface area contributed by atoms with E-state index in [1.807, 2.05) is 0 Å². The molecule has 0 heterocycles. The van der Waals surface area contributed by atoms with E-state index in [1.54, 1.807) is 0 Å². The normalized spacial score (nSPS) is 11.1. The smallest absolute Gasteiger partial charge is 0.0187 e. The molecule has 0 aliphatic rings. The molecule has 0 bridgehead atoms. The Balaban J connectivity index is 2.12. The van der Waals surface area contributed by atoms with E-state index in [4.69, 9.17) is 0 Å². The van der Waals surface area contributed by atoms with Crippen LogP contribution in [0.15, 0.2) is 83.3 Å². The van der Waals surface area contributed by atoms with Gasteiger partial charge in [0.15, 0.2) is 0 Å². The highest BCUT2D eigenvalue weighted by atomic mass is 79.9. The van der Waals surface area contributed by atoms with E-state index in [1.165, 1.54) is 32.7 Å². The van der Waals surface area contributed by atoms with Crippen molar-refractivity contribution in [3.63, 3.8) is 0 Å². The van der Waals surface area contributed by atoms with Crippen LogP contribution < -0.4 is 0 Å². The van der Waals surface area contributed by atoms with E-state index in [2.05, 4.69) is 94.8 Å². The number of benzene rings is 4. The van der Waals surface area contributed by atoms with E-state index in [0.717, 1.165) is 4.47 Å². The Morgan fingerprint density at radius 3 is 2.00 bits per heavy atom. The molecular formula is C20H13Br. The Morgan fingerprint density at radius 2 is 1.24 bits per heavy atom. The summed E-state index contributed by atoms with van der Waals surface area (Å²) in [5.41, 5.74) is 2.52. The van der Waals surface area contributed by atoms with Gasteiger partial charge in [-0.05, 0) is 56.9 Å². The maximum absolute atomic E-state index is 3.64. The van der Waals surface area contributed by atoms with Crippen LogP contribution in [-0.4, -0.2) is 0 Å². The summed E-state index contributed by atoms with van der Waals surface area (Å²) in [6.07, 6.45) is 0. The third kappa shape index (κ3) is 2.24. The fourth-order valence-electron chi connectivity index (χ4n) is 2.87. The molecule has 0 atom stereocenters. The lowest BCUT2D eigenvalue weighted by atomic mass is 9.96. The first-order chi connectivity index (χ1) is 10.3. The van der Waals surface area contributed by atoms with Gasteiger partial charge in [-0.3, -0.25) is 0 Å². The summed E-state index contributed by atoms with van der Waals surface area (Å²) in [6, 6.07) is 28.0. The third-order valence-corrected chi connectivity index (χ3v) is 4.33. The summed E-state index contributed by atoms with van der Waals surface area (Å²) >= 11 is 3.64. The van der Waals surface area contributed by atoms with E-state index in [0.29, 0.717) is 0 Å². The highest BCUT2D eigenvalue weighted by Gasteiger charge is 2.07. The van der Waals surface area contributed by atoms with Crippen LogP contribution in [0.25, 0.3) is 32.7 Å². The van der Waals surface area contributed by atoms with Crippen molar-refractivity contribution in [1.82, 2.24) is 0 Å². The molecule has 0 saturated heterocycles. The monoisotopic (exact) mass is 332 g/mol. The summed E-state index contributed by atoms with van der Waals surface area (Å²) in [4.78, 5) is 0. The number of fused-ring (bicyclic) bond motifs is 2. The lowest BCUT2D eigenvalue weighted by molar-refractivity contribution is 1.64. The summed E-state index contributed by atoms with van der Waals surface area (Å²) in [6.45, 7) is 0. The fraction of sp³-hybridized carbons (Fsp3) is 0. The van der Waals surface area contributed by atoms with Gasteiger partial charge in [0, 0.05) is 4.47 Å². The van der Waals surface area contributed by atoms with Gasteiger partial charge in [0.2, 0.25) is 0 Å². The van der Waals surface area contributed by atoms with Crippen LogP contribution in [0, 0.1) is 0 Å². The minimum absolute atomic E-state index is 1.11. The Morgan fingerprint density at radius 1 is 0.571 bits per heavy atom. The second-order valence-corrected chi connectivity index (χ2v) is 6.16. The molecule has 4 aromatic rings. The molecule has 4 aromatic carbocycles. The topological polar surface area (TPSA) is 0 Å². The molecule has 0 saturated carbocycles. The van der Waals surface area contributed by atoms with Crippen molar-refractivity contribution in [1.29, 1.82) is 0 Å². The first-order valence-corrected chi connectivity index (χ1v) is 7.78. The van der Waals surface area contributed by atoms with Crippen molar-refractivity contribution in [2.75, 3.05) is 0 Å². The van der Waals surface area contributed by atoms with Gasteiger partial charge in [-0.1, -0.05) is 70.5 Å². The standard InChI is InChI=1S/C20H13Br/c21-18-11-17-10-15-8-4-5-9-16(15)12-19(17)20(13-18)14-6-2-1-3-7-14/h1-13H. The van der Waals surface area contributed by atoms with Gasteiger partial charge < -0.3 is 0 Å². The molecule has 0 radical (unpaired) electrons. The first-order valence-electron chi connectivity index (χ1n) is 6.99. The van der Waals surface area contributed by atoms with Crippen LogP contribution in [-0.2, 0) is 0 Å². The zero-order valence-corrected chi connectivity index (χ0v) is 13.0. The fourth-order valence-corrected chi connectivity index (χ4v) is 3.35. The molecule has 1 heteroatoms. The van der Waals surface area contributed by atoms with Gasteiger partial charge in [0.1, 0.15) is 0 Å². The van der Waals surface area contributed by atoms with E-state index >= 15 is 0 Å². The quantitative estimate of drug-likeness (QED) is 0.352. The predicted molar refractivity (Wildman–Crippen MR) is 94.6 cm³/mol. The second-order valence-electron chi connectivity index (χ2n) is 5.24. The molecule has 0 N–H and O–H groups in total. The molecule has 0 unspecified atom stereocenters. The zero-order valence-electron chi connectivity index (χ0n) is 11.4. The van der Waals surface area contributed by atoms with Crippen molar-refractivity contribution in [2.24, 2.45) is 0 Å². The highest BCUT2D eigenvalue weighted by Crippen LogP contribution is 2.34. The Kier molecular flexibility index (Phi) is 3.01. The van der Waals surface area contributed by atoms with Crippen LogP contribution in [0.5, 0.6) is 0 Å². The average molecular weight is 333 g/mol. The van der Waals surface area contributed by atoms with Gasteiger partial charge in [-0.25, -0.2) is 0 Å². The van der Waals surface area contributed by atoms with Gasteiger partial charge in [0.05, 0.1) is 0 Å². The van der Waals surface area contributed by atoms with Crippen LogP contribution in [0.3, 0.4) is 0 Å². The number of hydrogen-bond donors (Lipinski definition) is 0. The minimum Gasteiger partial charge on any atom is -0.0622 e. The first kappa shape index (κ1) is 12.6. The van der Waals surface area contributed by atoms with Crippen molar-refractivity contribution < 1.29 is 0 Å². The SMILES string of the molecule is Brc1cc(-c2ccccc2)c2cc3ccccc3cc2c1. The average Bonchev–Trinajstić information content (AvgIpc) is 2.53. The lowest BCUT2D eigenvalue weighted by Gasteiger charge is -2.10. The Bertz CT molecular complexity index is 940. The second kappa shape index (κ2) is 5.01. The predicted octanol–water partition coefficient (Wildman–Crippen LogP) is 6.42. The lowest BCUT2D eigenvalue weighted by Crippen LogP contribution is -1.83. The zero-order chi connectivity index (χ0) is 14.2. The van der Waals surface area contributed by atoms with Crippen LogP contribution in [0.2, 0.25) is 0 Å². The molecule has 0 fully saturated rings. The molecule has 0 aromatic heterocycles. The largest absolute Gasteiger partial charge is 0.0622 e.